The van der Waals surface area contributed by atoms with E-state index < -0.39 is 6.10 Å². The van der Waals surface area contributed by atoms with Gasteiger partial charge in [-0.25, -0.2) is 0 Å². The number of hydrogen-bond donors (Lipinski definition) is 0. The fourth-order valence-electron chi connectivity index (χ4n) is 10.7. The average Bonchev–Trinajstić information content (AvgIpc) is 3.40. The van der Waals surface area contributed by atoms with Crippen molar-refractivity contribution in [2.45, 2.75) is 406 Å². The topological polar surface area (TPSA) is 78.9 Å². The molecule has 0 aliphatic heterocycles. The molecule has 440 valence electrons. The van der Waals surface area contributed by atoms with Crippen molar-refractivity contribution in [2.75, 3.05) is 13.2 Å². The van der Waals surface area contributed by atoms with E-state index in [4.69, 9.17) is 14.2 Å². The van der Waals surface area contributed by atoms with Crippen LogP contribution in [-0.2, 0) is 28.6 Å². The van der Waals surface area contributed by atoms with Gasteiger partial charge in [0.25, 0.3) is 0 Å². The third-order valence-corrected chi connectivity index (χ3v) is 15.9. The molecule has 0 radical (unpaired) electrons. The summed E-state index contributed by atoms with van der Waals surface area (Å²) >= 11 is 0. The van der Waals surface area contributed by atoms with E-state index in [1.165, 1.54) is 302 Å². The molecule has 0 aromatic carbocycles. The minimum atomic E-state index is -0.761. The van der Waals surface area contributed by atoms with Crippen molar-refractivity contribution in [2.24, 2.45) is 0 Å². The summed E-state index contributed by atoms with van der Waals surface area (Å²) < 4.78 is 16.9. The Kier molecular flexibility index (Phi) is 62.6. The van der Waals surface area contributed by atoms with Crippen LogP contribution in [0.4, 0.5) is 0 Å². The molecule has 1 unspecified atom stereocenters. The van der Waals surface area contributed by atoms with Crippen LogP contribution >= 0.6 is 0 Å². The summed E-state index contributed by atoms with van der Waals surface area (Å²) in [6.07, 6.45) is 74.4. The molecule has 0 N–H and O–H groups in total. The van der Waals surface area contributed by atoms with Crippen molar-refractivity contribution >= 4 is 17.9 Å². The van der Waals surface area contributed by atoms with Gasteiger partial charge in [-0.15, -0.1) is 0 Å². The lowest BCUT2D eigenvalue weighted by Gasteiger charge is -2.18. The van der Waals surface area contributed by atoms with Gasteiger partial charge in [-0.2, -0.15) is 0 Å². The molecule has 0 aliphatic rings. The van der Waals surface area contributed by atoms with Gasteiger partial charge in [0.15, 0.2) is 6.10 Å². The van der Waals surface area contributed by atoms with Crippen LogP contribution in [0.1, 0.15) is 400 Å². The number of rotatable bonds is 64. The highest BCUT2D eigenvalue weighted by atomic mass is 16.6. The number of carbonyl (C=O) groups excluding carboxylic acids is 3. The van der Waals surface area contributed by atoms with Crippen molar-refractivity contribution in [3.63, 3.8) is 0 Å². The van der Waals surface area contributed by atoms with Gasteiger partial charge in [-0.05, 0) is 19.3 Å². The number of unbranched alkanes of at least 4 members (excludes halogenated alkanes) is 53. The van der Waals surface area contributed by atoms with E-state index in [0.717, 1.165) is 57.8 Å². The van der Waals surface area contributed by atoms with Gasteiger partial charge in [-0.3, -0.25) is 14.4 Å². The van der Waals surface area contributed by atoms with Crippen LogP contribution in [0.25, 0.3) is 0 Å². The Bertz CT molecular complexity index is 1110. The smallest absolute Gasteiger partial charge is 0.306 e. The minimum Gasteiger partial charge on any atom is -0.462 e. The first-order chi connectivity index (χ1) is 36.5. The zero-order valence-corrected chi connectivity index (χ0v) is 50.7. The summed E-state index contributed by atoms with van der Waals surface area (Å²) in [4.78, 5) is 38.2. The largest absolute Gasteiger partial charge is 0.462 e. The lowest BCUT2D eigenvalue weighted by atomic mass is 10.0. The Morgan fingerprint density at radius 2 is 0.365 bits per heavy atom. The van der Waals surface area contributed by atoms with Crippen molar-refractivity contribution in [1.82, 2.24) is 0 Å². The van der Waals surface area contributed by atoms with Crippen LogP contribution in [0.5, 0.6) is 0 Å². The second-order valence-electron chi connectivity index (χ2n) is 23.5. The molecule has 0 heterocycles. The van der Waals surface area contributed by atoms with Crippen LogP contribution in [0.15, 0.2) is 0 Å². The summed E-state index contributed by atoms with van der Waals surface area (Å²) in [5.41, 5.74) is 0. The predicted molar refractivity (Wildman–Crippen MR) is 321 cm³/mol. The maximum atomic E-state index is 12.8. The average molecular weight is 1050 g/mol. The molecule has 0 aliphatic carbocycles. The molecular formula is C68H132O6. The highest BCUT2D eigenvalue weighted by Crippen LogP contribution is 2.19. The van der Waals surface area contributed by atoms with Gasteiger partial charge in [0.05, 0.1) is 0 Å². The van der Waals surface area contributed by atoms with E-state index in [2.05, 4.69) is 20.8 Å². The molecule has 1 atom stereocenters. The maximum Gasteiger partial charge on any atom is 0.306 e. The molecule has 0 saturated carbocycles. The fourth-order valence-corrected chi connectivity index (χ4v) is 10.7. The first-order valence-corrected chi connectivity index (χ1v) is 34.0. The normalized spacial score (nSPS) is 11.9. The van der Waals surface area contributed by atoms with Gasteiger partial charge < -0.3 is 14.2 Å². The Balaban J connectivity index is 3.99. The Hall–Kier alpha value is -1.59. The molecule has 0 spiro atoms. The Morgan fingerprint density at radius 3 is 0.541 bits per heavy atom. The van der Waals surface area contributed by atoms with Crippen molar-refractivity contribution in [3.8, 4) is 0 Å². The van der Waals surface area contributed by atoms with Crippen LogP contribution in [0.3, 0.4) is 0 Å². The van der Waals surface area contributed by atoms with Gasteiger partial charge in [0.2, 0.25) is 0 Å². The van der Waals surface area contributed by atoms with Crippen molar-refractivity contribution < 1.29 is 28.6 Å². The van der Waals surface area contributed by atoms with E-state index in [1.807, 2.05) is 0 Å². The standard InChI is InChI=1S/C68H132O6/c1-4-7-10-13-16-19-22-25-26-27-28-29-30-31-32-33-34-35-36-37-38-39-40-41-42-43-44-47-49-52-55-58-61-67(70)73-64-65(74-68(71)62-59-56-53-50-46-24-21-18-15-12-9-6-3)63-72-66(69)60-57-54-51-48-45-23-20-17-14-11-8-5-2/h65H,4-64H2,1-3H3. The summed E-state index contributed by atoms with van der Waals surface area (Å²) in [6, 6.07) is 0. The second-order valence-corrected chi connectivity index (χ2v) is 23.5. The first-order valence-electron chi connectivity index (χ1n) is 34.0. The van der Waals surface area contributed by atoms with Crippen LogP contribution in [0.2, 0.25) is 0 Å². The molecule has 6 nitrogen and oxygen atoms in total. The Labute approximate surface area is 463 Å². The molecule has 0 bridgehead atoms. The van der Waals surface area contributed by atoms with E-state index in [0.29, 0.717) is 19.3 Å². The summed E-state index contributed by atoms with van der Waals surface area (Å²) in [5, 5.41) is 0. The highest BCUT2D eigenvalue weighted by Gasteiger charge is 2.19. The molecule has 0 aromatic heterocycles. The van der Waals surface area contributed by atoms with Crippen LogP contribution in [-0.4, -0.2) is 37.2 Å². The zero-order valence-electron chi connectivity index (χ0n) is 50.7. The van der Waals surface area contributed by atoms with Gasteiger partial charge in [0, 0.05) is 19.3 Å². The molecule has 0 aromatic rings. The molecule has 0 rings (SSSR count). The molecule has 0 saturated heterocycles. The van der Waals surface area contributed by atoms with Gasteiger partial charge in [0.1, 0.15) is 13.2 Å². The van der Waals surface area contributed by atoms with Gasteiger partial charge in [-0.1, -0.05) is 361 Å². The number of hydrogen-bond acceptors (Lipinski definition) is 6. The number of esters is 3. The third-order valence-electron chi connectivity index (χ3n) is 15.9. The molecule has 0 amide bonds. The summed E-state index contributed by atoms with van der Waals surface area (Å²) in [7, 11) is 0. The monoisotopic (exact) mass is 1050 g/mol. The van der Waals surface area contributed by atoms with Crippen LogP contribution in [0, 0.1) is 0 Å². The predicted octanol–water partition coefficient (Wildman–Crippen LogP) is 23.1. The fraction of sp³-hybridized carbons (Fsp3) is 0.956. The minimum absolute atomic E-state index is 0.0610. The van der Waals surface area contributed by atoms with Gasteiger partial charge >= 0.3 is 17.9 Å². The second kappa shape index (κ2) is 63.9. The van der Waals surface area contributed by atoms with E-state index in [1.54, 1.807) is 0 Å². The molecule has 74 heavy (non-hydrogen) atoms. The molecule has 0 fully saturated rings. The maximum absolute atomic E-state index is 12.8. The zero-order chi connectivity index (χ0) is 53.6. The van der Waals surface area contributed by atoms with E-state index >= 15 is 0 Å². The van der Waals surface area contributed by atoms with Crippen molar-refractivity contribution in [1.29, 1.82) is 0 Å². The lowest BCUT2D eigenvalue weighted by molar-refractivity contribution is -0.167. The Morgan fingerprint density at radius 1 is 0.216 bits per heavy atom. The number of carbonyl (C=O) groups is 3. The van der Waals surface area contributed by atoms with Crippen molar-refractivity contribution in [3.05, 3.63) is 0 Å². The third kappa shape index (κ3) is 61.3. The quantitative estimate of drug-likeness (QED) is 0.0343. The SMILES string of the molecule is CCCCCCCCCCCCCCCCCCCCCCCCCCCCCCCCCCC(=O)OCC(COC(=O)CCCCCCCCCCCCCC)OC(=O)CCCCCCCCCCCCCC. The summed E-state index contributed by atoms with van der Waals surface area (Å²) in [6.45, 7) is 6.71. The first kappa shape index (κ1) is 72.4. The van der Waals surface area contributed by atoms with E-state index in [-0.39, 0.29) is 31.1 Å². The molecule has 6 heteroatoms. The number of ether oxygens (including phenoxy) is 3. The highest BCUT2D eigenvalue weighted by molar-refractivity contribution is 5.71. The summed E-state index contributed by atoms with van der Waals surface area (Å²) in [5.74, 6) is -0.830. The van der Waals surface area contributed by atoms with E-state index in [9.17, 15) is 14.4 Å². The van der Waals surface area contributed by atoms with Crippen LogP contribution < -0.4 is 0 Å². The lowest BCUT2D eigenvalue weighted by Crippen LogP contribution is -2.30. The molecular weight excluding hydrogens is 913 g/mol.